The topological polar surface area (TPSA) is 29.5 Å². The number of amides is 1. The van der Waals surface area contributed by atoms with E-state index in [4.69, 9.17) is 4.52 Å². The molecule has 0 spiro atoms. The van der Waals surface area contributed by atoms with Gasteiger partial charge in [-0.1, -0.05) is 0 Å². The molecule has 1 aliphatic rings. The van der Waals surface area contributed by atoms with Crippen LogP contribution in [-0.4, -0.2) is 43.2 Å². The van der Waals surface area contributed by atoms with Crippen LogP contribution in [0.5, 0.6) is 0 Å². The summed E-state index contributed by atoms with van der Waals surface area (Å²) in [5.41, 5.74) is 0. The van der Waals surface area contributed by atoms with E-state index in [1.54, 1.807) is 0 Å². The van der Waals surface area contributed by atoms with Crippen molar-refractivity contribution in [2.45, 2.75) is 13.0 Å². The molecule has 1 saturated heterocycles. The lowest BCUT2D eigenvalue weighted by Gasteiger charge is -2.19. The number of hydrogen-bond donors (Lipinski definition) is 0. The van der Waals surface area contributed by atoms with Crippen LogP contribution in [0.3, 0.4) is 0 Å². The molecule has 1 fully saturated rings. The first-order valence-corrected chi connectivity index (χ1v) is 6.42. The molecule has 70 valence electrons. The van der Waals surface area contributed by atoms with Crippen molar-refractivity contribution in [2.75, 3.05) is 26.5 Å². The quantitative estimate of drug-likeness (QED) is 0.589. The van der Waals surface area contributed by atoms with Gasteiger partial charge < -0.3 is 0 Å². The van der Waals surface area contributed by atoms with Gasteiger partial charge in [0.25, 0.3) is 5.91 Å². The zero-order valence-electron chi connectivity index (χ0n) is 7.58. The third kappa shape index (κ3) is 1.75. The van der Waals surface area contributed by atoms with Gasteiger partial charge in [-0.05, 0) is 6.92 Å². The predicted octanol–water partition coefficient (Wildman–Crippen LogP) is 1.31. The van der Waals surface area contributed by atoms with Gasteiger partial charge in [-0.15, -0.1) is 0 Å². The molecular formula is C7H14FNO2P+. The number of carbonyl (C=O) groups excluding carboxylic acids is 1. The largest absolute Gasteiger partial charge is 0.287 e. The van der Waals surface area contributed by atoms with Gasteiger partial charge in [0.2, 0.25) is 7.64 Å². The molecule has 0 aromatic rings. The summed E-state index contributed by atoms with van der Waals surface area (Å²) in [6.45, 7) is 5.27. The Morgan fingerprint density at radius 2 is 2.33 bits per heavy atom. The molecular weight excluding hydrogens is 180 g/mol. The average Bonchev–Trinajstić information content (AvgIpc) is 2.23. The summed E-state index contributed by atoms with van der Waals surface area (Å²) >= 11 is 0. The Labute approximate surface area is 72.4 Å². The van der Waals surface area contributed by atoms with Crippen molar-refractivity contribution >= 4 is 13.5 Å². The van der Waals surface area contributed by atoms with Crippen molar-refractivity contribution in [3.05, 3.63) is 0 Å². The Morgan fingerprint density at radius 1 is 1.75 bits per heavy atom. The van der Waals surface area contributed by atoms with Crippen LogP contribution in [0.15, 0.2) is 0 Å². The maximum atomic E-state index is 12.1. The lowest BCUT2D eigenvalue weighted by Crippen LogP contribution is -2.29. The zero-order chi connectivity index (χ0) is 9.35. The van der Waals surface area contributed by atoms with Crippen LogP contribution < -0.4 is 0 Å². The van der Waals surface area contributed by atoms with Crippen LogP contribution in [0.2, 0.25) is 0 Å². The van der Waals surface area contributed by atoms with Crippen molar-refractivity contribution in [2.24, 2.45) is 0 Å². The van der Waals surface area contributed by atoms with Crippen molar-refractivity contribution in [1.82, 2.24) is 4.67 Å². The molecule has 0 aromatic carbocycles. The molecule has 1 rings (SSSR count). The molecule has 1 heterocycles. The van der Waals surface area contributed by atoms with Crippen LogP contribution in [0, 0.1) is 0 Å². The van der Waals surface area contributed by atoms with Gasteiger partial charge in [-0.3, -0.25) is 4.79 Å². The van der Waals surface area contributed by atoms with Crippen molar-refractivity contribution in [3.63, 3.8) is 0 Å². The number of nitrogens with zero attached hydrogens (tertiary/aromatic N) is 1. The van der Waals surface area contributed by atoms with E-state index in [1.165, 1.54) is 4.67 Å². The molecule has 0 aliphatic carbocycles. The highest BCUT2D eigenvalue weighted by Gasteiger charge is 2.48. The van der Waals surface area contributed by atoms with Gasteiger partial charge in [0.05, 0.1) is 19.9 Å². The fraction of sp³-hybridized carbons (Fsp3) is 0.857. The fourth-order valence-electron chi connectivity index (χ4n) is 1.41. The molecule has 3 nitrogen and oxygen atoms in total. The van der Waals surface area contributed by atoms with E-state index in [9.17, 15) is 9.18 Å². The van der Waals surface area contributed by atoms with E-state index in [2.05, 4.69) is 0 Å². The summed E-state index contributed by atoms with van der Waals surface area (Å²) in [7, 11) is -1.79. The summed E-state index contributed by atoms with van der Waals surface area (Å²) in [4.78, 5) is 11.1. The van der Waals surface area contributed by atoms with Crippen molar-refractivity contribution in [1.29, 1.82) is 0 Å². The minimum atomic E-state index is -1.79. The van der Waals surface area contributed by atoms with Crippen LogP contribution in [0.1, 0.15) is 6.92 Å². The van der Waals surface area contributed by atoms with Crippen LogP contribution in [0.25, 0.3) is 0 Å². The number of alkyl halides is 1. The van der Waals surface area contributed by atoms with Crippen LogP contribution >= 0.6 is 7.64 Å². The standard InChI is InChI=1S/C7H14FNO2P/c1-6-5-9(7(10)4-8)12(2,3)11-6/h6H,4-5H2,1-3H3/q+1/t6-/m0/s1. The number of carbonyl (C=O) groups is 1. The molecule has 1 aliphatic heterocycles. The molecule has 0 saturated carbocycles. The van der Waals surface area contributed by atoms with E-state index < -0.39 is 20.2 Å². The van der Waals surface area contributed by atoms with E-state index in [-0.39, 0.29) is 6.10 Å². The van der Waals surface area contributed by atoms with Crippen molar-refractivity contribution < 1.29 is 13.7 Å². The summed E-state index contributed by atoms with van der Waals surface area (Å²) in [5.74, 6) is -0.447. The lowest BCUT2D eigenvalue weighted by atomic mass is 10.4. The summed E-state index contributed by atoms with van der Waals surface area (Å²) in [5, 5.41) is 0. The third-order valence-electron chi connectivity index (χ3n) is 1.85. The van der Waals surface area contributed by atoms with Gasteiger partial charge in [0.1, 0.15) is 6.10 Å². The molecule has 1 amide bonds. The van der Waals surface area contributed by atoms with Gasteiger partial charge in [-0.25, -0.2) is 8.91 Å². The maximum Gasteiger partial charge on any atom is 0.287 e. The van der Waals surface area contributed by atoms with Crippen LogP contribution in [-0.2, 0) is 9.32 Å². The molecule has 0 bridgehead atoms. The van der Waals surface area contributed by atoms with E-state index in [0.29, 0.717) is 6.54 Å². The Bertz CT molecular complexity index is 198. The number of halogens is 1. The highest BCUT2D eigenvalue weighted by atomic mass is 31.2. The molecule has 0 unspecified atom stereocenters. The Kier molecular flexibility index (Phi) is 2.69. The fourth-order valence-corrected chi connectivity index (χ4v) is 3.69. The van der Waals surface area contributed by atoms with Crippen LogP contribution in [0.4, 0.5) is 4.39 Å². The SMILES string of the molecule is C[C@H]1CN(C(=O)CF)[P+](C)(C)O1. The van der Waals surface area contributed by atoms with E-state index in [1.807, 2.05) is 20.3 Å². The van der Waals surface area contributed by atoms with E-state index >= 15 is 0 Å². The molecule has 1 atom stereocenters. The third-order valence-corrected chi connectivity index (χ3v) is 4.28. The monoisotopic (exact) mass is 194 g/mol. The first kappa shape index (κ1) is 9.87. The summed E-state index contributed by atoms with van der Waals surface area (Å²) in [6.07, 6.45) is 0.0452. The highest BCUT2D eigenvalue weighted by Crippen LogP contribution is 2.61. The summed E-state index contributed by atoms with van der Waals surface area (Å²) < 4.78 is 19.2. The normalized spacial score (nSPS) is 27.7. The first-order valence-electron chi connectivity index (χ1n) is 3.86. The maximum absolute atomic E-state index is 12.1. The van der Waals surface area contributed by atoms with Crippen molar-refractivity contribution in [3.8, 4) is 0 Å². The molecule has 12 heavy (non-hydrogen) atoms. The second kappa shape index (κ2) is 3.27. The highest BCUT2D eigenvalue weighted by molar-refractivity contribution is 7.68. The molecule has 0 aromatic heterocycles. The zero-order valence-corrected chi connectivity index (χ0v) is 8.47. The predicted molar refractivity (Wildman–Crippen MR) is 47.0 cm³/mol. The Hall–Kier alpha value is -0.210. The molecule has 0 radical (unpaired) electrons. The summed E-state index contributed by atoms with van der Waals surface area (Å²) in [6, 6.07) is 0. The first-order chi connectivity index (χ1) is 5.47. The van der Waals surface area contributed by atoms with Gasteiger partial charge >= 0.3 is 0 Å². The van der Waals surface area contributed by atoms with Gasteiger partial charge in [0, 0.05) is 0 Å². The number of hydrogen-bond acceptors (Lipinski definition) is 2. The molecule has 5 heteroatoms. The van der Waals surface area contributed by atoms with Gasteiger partial charge in [0.15, 0.2) is 6.67 Å². The van der Waals surface area contributed by atoms with Gasteiger partial charge in [-0.2, -0.15) is 4.67 Å². The minimum Gasteiger partial charge on any atom is -0.268 e. The second-order valence-corrected chi connectivity index (χ2v) is 6.60. The second-order valence-electron chi connectivity index (χ2n) is 3.32. The Balaban J connectivity index is 2.71. The lowest BCUT2D eigenvalue weighted by molar-refractivity contribution is -0.127. The number of rotatable bonds is 1. The minimum absolute atomic E-state index is 0.0452. The smallest absolute Gasteiger partial charge is 0.268 e. The van der Waals surface area contributed by atoms with E-state index in [0.717, 1.165) is 0 Å². The molecule has 0 N–H and O–H groups in total. The Morgan fingerprint density at radius 3 is 2.67 bits per heavy atom. The average molecular weight is 194 g/mol.